The van der Waals surface area contributed by atoms with E-state index in [0.29, 0.717) is 12.3 Å². The first-order valence-electron chi connectivity index (χ1n) is 6.77. The molecule has 1 aromatic carbocycles. The van der Waals surface area contributed by atoms with Gasteiger partial charge in [0, 0.05) is 12.5 Å². The molecular formula is C15H21NO3. The topological polar surface area (TPSA) is 47.6 Å². The molecule has 19 heavy (non-hydrogen) atoms. The first-order chi connectivity index (χ1) is 9.28. The number of nitrogens with one attached hydrogen (secondary N) is 1. The van der Waals surface area contributed by atoms with Crippen molar-refractivity contribution in [1.29, 1.82) is 0 Å². The van der Waals surface area contributed by atoms with Crippen LogP contribution in [0.4, 0.5) is 0 Å². The quantitative estimate of drug-likeness (QED) is 0.823. The summed E-state index contributed by atoms with van der Waals surface area (Å²) < 4.78 is 10.4. The first kappa shape index (κ1) is 13.9. The number of carbonyl (C=O) groups excluding carboxylic acids is 1. The van der Waals surface area contributed by atoms with Gasteiger partial charge in [-0.1, -0.05) is 12.1 Å². The van der Waals surface area contributed by atoms with Crippen molar-refractivity contribution < 1.29 is 14.3 Å². The van der Waals surface area contributed by atoms with E-state index in [2.05, 4.69) is 10.1 Å². The number of hydrogen-bond donors (Lipinski definition) is 1. The molecule has 1 aromatic rings. The molecule has 1 aliphatic rings. The van der Waals surface area contributed by atoms with E-state index in [-0.39, 0.29) is 5.97 Å². The Balaban J connectivity index is 1.79. The van der Waals surface area contributed by atoms with Gasteiger partial charge in [-0.2, -0.15) is 0 Å². The minimum Gasteiger partial charge on any atom is -0.493 e. The fraction of sp³-hybridized carbons (Fsp3) is 0.533. The molecule has 0 amide bonds. The number of rotatable bonds is 5. The largest absolute Gasteiger partial charge is 0.493 e. The molecule has 0 spiro atoms. The van der Waals surface area contributed by atoms with Crippen molar-refractivity contribution in [3.05, 3.63) is 29.8 Å². The first-order valence-corrected chi connectivity index (χ1v) is 6.77. The molecule has 1 aliphatic heterocycles. The van der Waals surface area contributed by atoms with Crippen molar-refractivity contribution in [2.24, 2.45) is 5.92 Å². The second kappa shape index (κ2) is 7.14. The number of piperidine rings is 1. The predicted molar refractivity (Wildman–Crippen MR) is 73.3 cm³/mol. The summed E-state index contributed by atoms with van der Waals surface area (Å²) in [5, 5.41) is 3.38. The average Bonchev–Trinajstić information content (AvgIpc) is 2.47. The van der Waals surface area contributed by atoms with Gasteiger partial charge in [0.2, 0.25) is 0 Å². The zero-order valence-electron chi connectivity index (χ0n) is 11.4. The van der Waals surface area contributed by atoms with Crippen LogP contribution in [0, 0.1) is 5.92 Å². The number of methoxy groups -OCH3 is 1. The van der Waals surface area contributed by atoms with E-state index in [1.54, 1.807) is 0 Å². The number of esters is 1. The zero-order chi connectivity index (χ0) is 13.5. The Labute approximate surface area is 114 Å². The lowest BCUT2D eigenvalue weighted by molar-refractivity contribution is -0.139. The second-order valence-corrected chi connectivity index (χ2v) is 4.92. The van der Waals surface area contributed by atoms with Crippen molar-refractivity contribution in [1.82, 2.24) is 5.32 Å². The number of benzene rings is 1. The van der Waals surface area contributed by atoms with Crippen molar-refractivity contribution in [3.8, 4) is 5.75 Å². The van der Waals surface area contributed by atoms with Crippen molar-refractivity contribution in [2.75, 3.05) is 26.8 Å². The van der Waals surface area contributed by atoms with E-state index >= 15 is 0 Å². The third kappa shape index (κ3) is 4.56. The maximum Gasteiger partial charge on any atom is 0.309 e. The van der Waals surface area contributed by atoms with Crippen LogP contribution in [-0.2, 0) is 16.0 Å². The number of carbonyl (C=O) groups is 1. The number of ether oxygens (including phenoxy) is 2. The predicted octanol–water partition coefficient (Wildman–Crippen LogP) is 1.78. The molecule has 1 fully saturated rings. The van der Waals surface area contributed by atoms with Gasteiger partial charge in [-0.15, -0.1) is 0 Å². The van der Waals surface area contributed by atoms with E-state index in [1.165, 1.54) is 20.0 Å². The Morgan fingerprint density at radius 2 is 2.16 bits per heavy atom. The minimum absolute atomic E-state index is 0.220. The lowest BCUT2D eigenvalue weighted by Crippen LogP contribution is -2.33. The van der Waals surface area contributed by atoms with Crippen LogP contribution in [0.1, 0.15) is 18.4 Å². The molecule has 4 nitrogen and oxygen atoms in total. The molecule has 1 heterocycles. The van der Waals surface area contributed by atoms with Gasteiger partial charge in [0.05, 0.1) is 20.1 Å². The summed E-state index contributed by atoms with van der Waals surface area (Å²) in [6.45, 7) is 2.92. The van der Waals surface area contributed by atoms with Crippen LogP contribution in [-0.4, -0.2) is 32.8 Å². The highest BCUT2D eigenvalue weighted by atomic mass is 16.5. The summed E-state index contributed by atoms with van der Waals surface area (Å²) >= 11 is 0. The minimum atomic E-state index is -0.220. The summed E-state index contributed by atoms with van der Waals surface area (Å²) in [5.74, 6) is 1.24. The Kier molecular flexibility index (Phi) is 5.21. The summed E-state index contributed by atoms with van der Waals surface area (Å²) in [6, 6.07) is 7.64. The molecule has 1 N–H and O–H groups in total. The van der Waals surface area contributed by atoms with Crippen molar-refractivity contribution >= 4 is 5.97 Å². The highest BCUT2D eigenvalue weighted by molar-refractivity contribution is 5.72. The van der Waals surface area contributed by atoms with E-state index in [9.17, 15) is 4.79 Å². The highest BCUT2D eigenvalue weighted by Gasteiger charge is 2.13. The van der Waals surface area contributed by atoms with Crippen molar-refractivity contribution in [3.63, 3.8) is 0 Å². The van der Waals surface area contributed by atoms with Crippen LogP contribution in [0.15, 0.2) is 24.3 Å². The van der Waals surface area contributed by atoms with Crippen LogP contribution in [0.3, 0.4) is 0 Å². The van der Waals surface area contributed by atoms with Gasteiger partial charge in [-0.05, 0) is 37.1 Å². The summed E-state index contributed by atoms with van der Waals surface area (Å²) in [5.41, 5.74) is 0.943. The lowest BCUT2D eigenvalue weighted by Gasteiger charge is -2.22. The molecule has 0 saturated carbocycles. The van der Waals surface area contributed by atoms with Gasteiger partial charge < -0.3 is 14.8 Å². The molecule has 2 rings (SSSR count). The monoisotopic (exact) mass is 263 g/mol. The summed E-state index contributed by atoms with van der Waals surface area (Å²) in [7, 11) is 1.40. The fourth-order valence-electron chi connectivity index (χ4n) is 2.22. The SMILES string of the molecule is COC(=O)Cc1ccc(OCC2CCCNC2)cc1. The fourth-order valence-corrected chi connectivity index (χ4v) is 2.22. The van der Waals surface area contributed by atoms with Crippen LogP contribution < -0.4 is 10.1 Å². The Bertz CT molecular complexity index is 396. The normalized spacial score (nSPS) is 18.9. The average molecular weight is 263 g/mol. The molecule has 0 aliphatic carbocycles. The maximum atomic E-state index is 11.1. The van der Waals surface area contributed by atoms with Crippen molar-refractivity contribution in [2.45, 2.75) is 19.3 Å². The smallest absolute Gasteiger partial charge is 0.309 e. The maximum absolute atomic E-state index is 11.1. The van der Waals surface area contributed by atoms with Crippen LogP contribution >= 0.6 is 0 Å². The molecule has 1 saturated heterocycles. The van der Waals surface area contributed by atoms with Crippen LogP contribution in [0.25, 0.3) is 0 Å². The third-order valence-corrected chi connectivity index (χ3v) is 3.38. The molecule has 104 valence electrons. The molecule has 4 heteroatoms. The second-order valence-electron chi connectivity index (χ2n) is 4.92. The lowest BCUT2D eigenvalue weighted by atomic mass is 10.0. The van der Waals surface area contributed by atoms with Gasteiger partial charge in [0.25, 0.3) is 0 Å². The standard InChI is InChI=1S/C15H21NO3/c1-18-15(17)9-12-4-6-14(7-5-12)19-11-13-3-2-8-16-10-13/h4-7,13,16H,2-3,8-11H2,1H3. The van der Waals surface area contributed by atoms with E-state index in [1.807, 2.05) is 24.3 Å². The molecule has 0 aromatic heterocycles. The van der Waals surface area contributed by atoms with Crippen LogP contribution in [0.5, 0.6) is 5.75 Å². The van der Waals surface area contributed by atoms with Gasteiger partial charge in [-0.25, -0.2) is 0 Å². The van der Waals surface area contributed by atoms with E-state index < -0.39 is 0 Å². The third-order valence-electron chi connectivity index (χ3n) is 3.38. The molecular weight excluding hydrogens is 242 g/mol. The Morgan fingerprint density at radius 3 is 2.79 bits per heavy atom. The molecule has 1 unspecified atom stereocenters. The van der Waals surface area contributed by atoms with Gasteiger partial charge in [0.15, 0.2) is 0 Å². The van der Waals surface area contributed by atoms with Gasteiger partial charge in [-0.3, -0.25) is 4.79 Å². The molecule has 0 radical (unpaired) electrons. The van der Waals surface area contributed by atoms with Gasteiger partial charge >= 0.3 is 5.97 Å². The van der Waals surface area contributed by atoms with Crippen LogP contribution in [0.2, 0.25) is 0 Å². The Hall–Kier alpha value is -1.55. The van der Waals surface area contributed by atoms with E-state index in [4.69, 9.17) is 4.74 Å². The zero-order valence-corrected chi connectivity index (χ0v) is 11.4. The molecule has 0 bridgehead atoms. The highest BCUT2D eigenvalue weighted by Crippen LogP contribution is 2.16. The number of hydrogen-bond acceptors (Lipinski definition) is 4. The summed E-state index contributed by atoms with van der Waals surface area (Å²) in [4.78, 5) is 11.1. The Morgan fingerprint density at radius 1 is 1.37 bits per heavy atom. The van der Waals surface area contributed by atoms with E-state index in [0.717, 1.165) is 31.0 Å². The van der Waals surface area contributed by atoms with Gasteiger partial charge in [0.1, 0.15) is 5.75 Å². The molecule has 1 atom stereocenters. The summed E-state index contributed by atoms with van der Waals surface area (Å²) in [6.07, 6.45) is 2.77.